The van der Waals surface area contributed by atoms with Crippen molar-refractivity contribution in [2.75, 3.05) is 26.8 Å². The molecule has 2 rings (SSSR count). The van der Waals surface area contributed by atoms with Crippen molar-refractivity contribution >= 4 is 15.7 Å². The zero-order valence-corrected chi connectivity index (χ0v) is 11.9. The minimum absolute atomic E-state index is 0.0301. The summed E-state index contributed by atoms with van der Waals surface area (Å²) >= 11 is 0. The first-order valence-corrected chi connectivity index (χ1v) is 7.02. The van der Waals surface area contributed by atoms with Crippen molar-refractivity contribution in [2.24, 2.45) is 11.7 Å². The van der Waals surface area contributed by atoms with Gasteiger partial charge in [0, 0.05) is 37.6 Å². The van der Waals surface area contributed by atoms with E-state index in [-0.39, 0.29) is 42.8 Å². The minimum Gasteiger partial charge on any atom is -0.394 e. The third-order valence-corrected chi connectivity index (χ3v) is 3.87. The molecule has 8 heteroatoms. The Morgan fingerprint density at radius 2 is 1.90 bits per heavy atom. The van der Waals surface area contributed by atoms with Crippen molar-refractivity contribution in [2.45, 2.75) is 43.1 Å². The largest absolute Gasteiger partial charge is 0.394 e. The summed E-state index contributed by atoms with van der Waals surface area (Å²) < 4.78 is 10.9. The first-order chi connectivity index (χ1) is 9.49. The van der Waals surface area contributed by atoms with E-state index in [0.29, 0.717) is 26.0 Å². The molecule has 0 aromatic carbocycles. The number of hydrogen-bond acceptors (Lipinski definition) is 6. The number of ether oxygens (including phenoxy) is 2. The molecule has 0 spiro atoms. The first kappa shape index (κ1) is 16.3. The number of aliphatic hydroxyl groups is 1. The molecule has 2 heterocycles. The van der Waals surface area contributed by atoms with Gasteiger partial charge in [-0.1, -0.05) is 0 Å². The van der Waals surface area contributed by atoms with Crippen LogP contribution in [0, 0.1) is 5.92 Å². The third kappa shape index (κ3) is 4.19. The highest BCUT2D eigenvalue weighted by Gasteiger charge is 2.34. The Morgan fingerprint density at radius 1 is 1.25 bits per heavy atom. The maximum Gasteiger partial charge on any atom is 0.109 e. The van der Waals surface area contributed by atoms with Crippen LogP contribution in [0.3, 0.4) is 0 Å². The lowest BCUT2D eigenvalue weighted by atomic mass is 9.91. The van der Waals surface area contributed by atoms with E-state index >= 15 is 0 Å². The molecule has 2 unspecified atom stereocenters. The molecule has 0 amide bonds. The number of nitrogens with zero attached hydrogens (tertiary/aromatic N) is 1. The van der Waals surface area contributed by atoms with Gasteiger partial charge in [-0.2, -0.15) is 5.06 Å². The summed E-state index contributed by atoms with van der Waals surface area (Å²) in [5.74, 6) is 0.153. The van der Waals surface area contributed by atoms with Crippen LogP contribution >= 0.6 is 0 Å². The van der Waals surface area contributed by atoms with E-state index in [2.05, 4.69) is 0 Å². The topological polar surface area (TPSA) is 77.2 Å². The molecule has 0 aromatic heterocycles. The lowest BCUT2D eigenvalue weighted by Crippen LogP contribution is -2.38. The van der Waals surface area contributed by atoms with E-state index in [4.69, 9.17) is 35.7 Å². The van der Waals surface area contributed by atoms with Crippen molar-refractivity contribution in [1.82, 2.24) is 5.06 Å². The zero-order valence-electron chi connectivity index (χ0n) is 11.9. The highest BCUT2D eigenvalue weighted by molar-refractivity contribution is 6.11. The lowest BCUT2D eigenvalue weighted by Gasteiger charge is -2.25. The predicted molar refractivity (Wildman–Crippen MR) is 75.2 cm³/mol. The molecule has 0 saturated carbocycles. The molecule has 2 saturated heterocycles. The van der Waals surface area contributed by atoms with Gasteiger partial charge in [-0.25, -0.2) is 0 Å². The van der Waals surface area contributed by atoms with Crippen LogP contribution in [0.2, 0.25) is 0 Å². The Labute approximate surface area is 122 Å². The molecule has 0 aliphatic carbocycles. The van der Waals surface area contributed by atoms with Gasteiger partial charge in [-0.05, 0) is 12.8 Å². The minimum atomic E-state index is -0.310. The average Bonchev–Trinajstić information content (AvgIpc) is 2.89. The van der Waals surface area contributed by atoms with Crippen LogP contribution < -0.4 is 5.73 Å². The SMILES string of the molecule is [B][C@H]1CC(N)[C@@H](CON(C)CC2C[C@H]([B])O[C@@H]2CO)O1. The molecule has 2 aliphatic rings. The molecule has 6 atom stereocenters. The van der Waals surface area contributed by atoms with Gasteiger partial charge in [0.2, 0.25) is 0 Å². The van der Waals surface area contributed by atoms with E-state index in [1.54, 1.807) is 5.06 Å². The molecular weight excluding hydrogens is 258 g/mol. The van der Waals surface area contributed by atoms with Gasteiger partial charge >= 0.3 is 0 Å². The fraction of sp³-hybridized carbons (Fsp3) is 1.00. The van der Waals surface area contributed by atoms with E-state index in [1.165, 1.54) is 0 Å². The standard InChI is InChI=1S/C12H22B2N2O4/c1-16(4-7-2-11(13)19-9(7)5-17)18-6-10-8(15)3-12(14)20-10/h7-12,17H,2-6,15H2,1H3/t7?,8?,9-,10-,11-,12-/m1/s1. The molecule has 2 fully saturated rings. The molecular formula is C12H22B2N2O4. The smallest absolute Gasteiger partial charge is 0.109 e. The van der Waals surface area contributed by atoms with Crippen molar-refractivity contribution in [3.05, 3.63) is 0 Å². The van der Waals surface area contributed by atoms with Crippen LogP contribution in [0.15, 0.2) is 0 Å². The lowest BCUT2D eigenvalue weighted by molar-refractivity contribution is -0.174. The van der Waals surface area contributed by atoms with E-state index in [9.17, 15) is 5.11 Å². The van der Waals surface area contributed by atoms with Crippen LogP contribution in [-0.4, -0.2) is 82.9 Å². The highest BCUT2D eigenvalue weighted by atomic mass is 16.7. The van der Waals surface area contributed by atoms with E-state index in [0.717, 1.165) is 0 Å². The van der Waals surface area contributed by atoms with Gasteiger partial charge in [-0.3, -0.25) is 4.84 Å². The highest BCUT2D eigenvalue weighted by Crippen LogP contribution is 2.25. The maximum absolute atomic E-state index is 9.24. The fourth-order valence-electron chi connectivity index (χ4n) is 2.77. The summed E-state index contributed by atoms with van der Waals surface area (Å²) in [6.07, 6.45) is 0.955. The Bertz CT molecular complexity index is 313. The molecule has 3 N–H and O–H groups in total. The van der Waals surface area contributed by atoms with Gasteiger partial charge < -0.3 is 20.3 Å². The Balaban J connectivity index is 1.71. The summed E-state index contributed by atoms with van der Waals surface area (Å²) in [5, 5.41) is 11.0. The second-order valence-corrected chi connectivity index (χ2v) is 5.61. The van der Waals surface area contributed by atoms with Crippen molar-refractivity contribution in [3.63, 3.8) is 0 Å². The Morgan fingerprint density at radius 3 is 2.50 bits per heavy atom. The van der Waals surface area contributed by atoms with Crippen molar-refractivity contribution in [1.29, 1.82) is 0 Å². The molecule has 110 valence electrons. The number of aliphatic hydroxyl groups excluding tert-OH is 1. The fourth-order valence-corrected chi connectivity index (χ4v) is 2.77. The van der Waals surface area contributed by atoms with Gasteiger partial charge in [0.05, 0.1) is 25.4 Å². The molecule has 20 heavy (non-hydrogen) atoms. The third-order valence-electron chi connectivity index (χ3n) is 3.87. The van der Waals surface area contributed by atoms with Crippen LogP contribution in [0.5, 0.6) is 0 Å². The number of rotatable bonds is 6. The van der Waals surface area contributed by atoms with Crippen LogP contribution in [0.4, 0.5) is 0 Å². The van der Waals surface area contributed by atoms with Gasteiger partial charge in [-0.15, -0.1) is 0 Å². The zero-order chi connectivity index (χ0) is 14.7. The normalized spacial score (nSPS) is 41.6. The Hall–Kier alpha value is -0.110. The summed E-state index contributed by atoms with van der Waals surface area (Å²) in [5.41, 5.74) is 5.91. The van der Waals surface area contributed by atoms with Crippen LogP contribution in [0.1, 0.15) is 12.8 Å². The number of hydrogen-bond donors (Lipinski definition) is 2. The number of nitrogens with two attached hydrogens (primary N) is 1. The molecule has 2 aliphatic heterocycles. The summed E-state index contributed by atoms with van der Waals surface area (Å²) in [7, 11) is 13.2. The van der Waals surface area contributed by atoms with Gasteiger partial charge in [0.1, 0.15) is 15.7 Å². The molecule has 6 nitrogen and oxygen atoms in total. The molecule has 0 aromatic rings. The molecule has 4 radical (unpaired) electrons. The van der Waals surface area contributed by atoms with Gasteiger partial charge in [0.25, 0.3) is 0 Å². The number of hydroxylamine groups is 2. The molecule has 0 bridgehead atoms. The summed E-state index contributed by atoms with van der Waals surface area (Å²) in [4.78, 5) is 5.63. The average molecular weight is 280 g/mol. The van der Waals surface area contributed by atoms with E-state index < -0.39 is 0 Å². The van der Waals surface area contributed by atoms with E-state index in [1.807, 2.05) is 7.05 Å². The maximum atomic E-state index is 9.24. The predicted octanol–water partition coefficient (Wildman–Crippen LogP) is -1.65. The summed E-state index contributed by atoms with van der Waals surface area (Å²) in [6.45, 7) is 0.972. The quantitative estimate of drug-likeness (QED) is 0.448. The van der Waals surface area contributed by atoms with Crippen LogP contribution in [-0.2, 0) is 14.3 Å². The van der Waals surface area contributed by atoms with Crippen molar-refractivity contribution < 1.29 is 19.4 Å². The van der Waals surface area contributed by atoms with Crippen molar-refractivity contribution in [3.8, 4) is 0 Å². The second-order valence-electron chi connectivity index (χ2n) is 5.61. The first-order valence-electron chi connectivity index (χ1n) is 7.02. The Kier molecular flexibility index (Phi) is 5.89. The second kappa shape index (κ2) is 7.24. The van der Waals surface area contributed by atoms with Crippen LogP contribution in [0.25, 0.3) is 0 Å². The summed E-state index contributed by atoms with van der Waals surface area (Å²) in [6, 6.07) is -0.703. The monoisotopic (exact) mass is 280 g/mol. The van der Waals surface area contributed by atoms with Gasteiger partial charge in [0.15, 0.2) is 0 Å².